The molecule has 0 aromatic heterocycles. The average Bonchev–Trinajstić information content (AvgIpc) is 2.24. The fourth-order valence-electron chi connectivity index (χ4n) is 1.18. The Morgan fingerprint density at radius 3 is 2.94 bits per heavy atom. The topological polar surface area (TPSA) is 61.4 Å². The maximum Gasteiger partial charge on any atom is 0.238 e. The van der Waals surface area contributed by atoms with Gasteiger partial charge in [-0.3, -0.25) is 4.79 Å². The first-order valence-electron chi connectivity index (χ1n) is 5.04. The highest BCUT2D eigenvalue weighted by Crippen LogP contribution is 2.20. The minimum absolute atomic E-state index is 0.148. The highest BCUT2D eigenvalue weighted by atomic mass is 16.3. The van der Waals surface area contributed by atoms with Gasteiger partial charge in [-0.15, -0.1) is 6.58 Å². The van der Waals surface area contributed by atoms with Gasteiger partial charge in [0.15, 0.2) is 0 Å². The number of amides is 1. The third kappa shape index (κ3) is 3.74. The third-order valence-electron chi connectivity index (χ3n) is 2.07. The molecule has 0 heterocycles. The first kappa shape index (κ1) is 12.3. The number of anilines is 1. The number of aryl methyl sites for hydroxylation is 1. The van der Waals surface area contributed by atoms with Crippen LogP contribution in [0.5, 0.6) is 5.75 Å². The lowest BCUT2D eigenvalue weighted by atomic mass is 10.2. The van der Waals surface area contributed by atoms with E-state index < -0.39 is 0 Å². The number of hydrogen-bond acceptors (Lipinski definition) is 3. The number of aromatic hydroxyl groups is 1. The first-order chi connectivity index (χ1) is 7.63. The molecule has 3 N–H and O–H groups in total. The van der Waals surface area contributed by atoms with Crippen molar-refractivity contribution in [2.75, 3.05) is 18.4 Å². The Labute approximate surface area is 95.0 Å². The Morgan fingerprint density at radius 1 is 1.56 bits per heavy atom. The van der Waals surface area contributed by atoms with Crippen LogP contribution in [0.2, 0.25) is 0 Å². The largest absolute Gasteiger partial charge is 0.508 e. The van der Waals surface area contributed by atoms with Crippen molar-refractivity contribution in [3.63, 3.8) is 0 Å². The summed E-state index contributed by atoms with van der Waals surface area (Å²) in [5, 5.41) is 15.0. The van der Waals surface area contributed by atoms with Gasteiger partial charge < -0.3 is 15.7 Å². The summed E-state index contributed by atoms with van der Waals surface area (Å²) in [5.41, 5.74) is 1.37. The Bertz CT molecular complexity index is 389. The standard InChI is InChI=1S/C12H16N2O2/c1-3-6-13-8-12(16)14-10-5-4-9(2)11(15)7-10/h3-5,7,13,15H,1,6,8H2,2H3,(H,14,16). The van der Waals surface area contributed by atoms with Gasteiger partial charge in [0, 0.05) is 18.3 Å². The second-order valence-corrected chi connectivity index (χ2v) is 3.47. The van der Waals surface area contributed by atoms with Crippen molar-refractivity contribution in [3.05, 3.63) is 36.4 Å². The Morgan fingerprint density at radius 2 is 2.31 bits per heavy atom. The number of rotatable bonds is 5. The van der Waals surface area contributed by atoms with Gasteiger partial charge in [0.25, 0.3) is 0 Å². The van der Waals surface area contributed by atoms with Crippen molar-refractivity contribution in [1.82, 2.24) is 5.32 Å². The quantitative estimate of drug-likeness (QED) is 0.519. The fourth-order valence-corrected chi connectivity index (χ4v) is 1.18. The normalized spacial score (nSPS) is 9.81. The molecule has 86 valence electrons. The van der Waals surface area contributed by atoms with Crippen LogP contribution in [0, 0.1) is 6.92 Å². The molecule has 0 atom stereocenters. The van der Waals surface area contributed by atoms with Gasteiger partial charge in [-0.05, 0) is 18.6 Å². The highest BCUT2D eigenvalue weighted by molar-refractivity contribution is 5.92. The van der Waals surface area contributed by atoms with Crippen LogP contribution in [-0.2, 0) is 4.79 Å². The number of nitrogens with one attached hydrogen (secondary N) is 2. The molecule has 1 aromatic rings. The molecule has 0 aliphatic carbocycles. The highest BCUT2D eigenvalue weighted by Gasteiger charge is 2.02. The van der Waals surface area contributed by atoms with Crippen LogP contribution in [0.25, 0.3) is 0 Å². The van der Waals surface area contributed by atoms with Gasteiger partial charge in [-0.2, -0.15) is 0 Å². The monoisotopic (exact) mass is 220 g/mol. The summed E-state index contributed by atoms with van der Waals surface area (Å²) in [6.07, 6.45) is 1.69. The Kier molecular flexibility index (Phi) is 4.54. The molecule has 16 heavy (non-hydrogen) atoms. The van der Waals surface area contributed by atoms with E-state index in [1.165, 1.54) is 6.07 Å². The number of benzene rings is 1. The predicted octanol–water partition coefficient (Wildman–Crippen LogP) is 1.41. The van der Waals surface area contributed by atoms with E-state index in [0.29, 0.717) is 12.2 Å². The molecule has 1 aromatic carbocycles. The van der Waals surface area contributed by atoms with Crippen LogP contribution < -0.4 is 10.6 Å². The number of carbonyl (C=O) groups excluding carboxylic acids is 1. The van der Waals surface area contributed by atoms with Gasteiger partial charge in [0.05, 0.1) is 6.54 Å². The lowest BCUT2D eigenvalue weighted by molar-refractivity contribution is -0.115. The van der Waals surface area contributed by atoms with E-state index in [4.69, 9.17) is 0 Å². The smallest absolute Gasteiger partial charge is 0.238 e. The van der Waals surface area contributed by atoms with E-state index in [1.54, 1.807) is 25.1 Å². The number of carbonyl (C=O) groups is 1. The third-order valence-corrected chi connectivity index (χ3v) is 2.07. The van der Waals surface area contributed by atoms with E-state index in [0.717, 1.165) is 5.56 Å². The SMILES string of the molecule is C=CCNCC(=O)Nc1ccc(C)c(O)c1. The minimum Gasteiger partial charge on any atom is -0.508 e. The molecule has 0 saturated carbocycles. The van der Waals surface area contributed by atoms with Crippen LogP contribution in [-0.4, -0.2) is 24.1 Å². The molecule has 4 heteroatoms. The molecule has 0 aliphatic rings. The maximum absolute atomic E-state index is 11.4. The Hall–Kier alpha value is -1.81. The van der Waals surface area contributed by atoms with E-state index >= 15 is 0 Å². The number of phenols is 1. The summed E-state index contributed by atoms with van der Waals surface area (Å²) < 4.78 is 0. The summed E-state index contributed by atoms with van der Waals surface area (Å²) in [6.45, 7) is 6.15. The van der Waals surface area contributed by atoms with Crippen molar-refractivity contribution < 1.29 is 9.90 Å². The first-order valence-corrected chi connectivity index (χ1v) is 5.04. The molecule has 0 unspecified atom stereocenters. The zero-order chi connectivity index (χ0) is 12.0. The summed E-state index contributed by atoms with van der Waals surface area (Å²) in [5.74, 6) is 0.0296. The predicted molar refractivity (Wildman–Crippen MR) is 64.5 cm³/mol. The molecule has 0 aliphatic heterocycles. The van der Waals surface area contributed by atoms with E-state index in [9.17, 15) is 9.90 Å². The van der Waals surface area contributed by atoms with Crippen LogP contribution in [0.1, 0.15) is 5.56 Å². The molecule has 0 spiro atoms. The molecule has 0 bridgehead atoms. The summed E-state index contributed by atoms with van der Waals surface area (Å²) in [4.78, 5) is 11.4. The molecular weight excluding hydrogens is 204 g/mol. The van der Waals surface area contributed by atoms with E-state index in [2.05, 4.69) is 17.2 Å². The van der Waals surface area contributed by atoms with Gasteiger partial charge in [-0.25, -0.2) is 0 Å². The molecule has 0 saturated heterocycles. The van der Waals surface area contributed by atoms with Crippen molar-refractivity contribution >= 4 is 11.6 Å². The fraction of sp³-hybridized carbons (Fsp3) is 0.250. The molecular formula is C12H16N2O2. The molecule has 1 rings (SSSR count). The Balaban J connectivity index is 2.49. The summed E-state index contributed by atoms with van der Waals surface area (Å²) in [6, 6.07) is 5.03. The van der Waals surface area contributed by atoms with Gasteiger partial charge in [0.1, 0.15) is 5.75 Å². The second kappa shape index (κ2) is 5.92. The van der Waals surface area contributed by atoms with Crippen LogP contribution in [0.4, 0.5) is 5.69 Å². The van der Waals surface area contributed by atoms with Crippen LogP contribution in [0.3, 0.4) is 0 Å². The van der Waals surface area contributed by atoms with Crippen molar-refractivity contribution in [2.24, 2.45) is 0 Å². The molecule has 1 amide bonds. The molecule has 0 fully saturated rings. The van der Waals surface area contributed by atoms with Crippen molar-refractivity contribution in [1.29, 1.82) is 0 Å². The number of hydrogen-bond donors (Lipinski definition) is 3. The second-order valence-electron chi connectivity index (χ2n) is 3.47. The van der Waals surface area contributed by atoms with Gasteiger partial charge in [0.2, 0.25) is 5.91 Å². The van der Waals surface area contributed by atoms with Crippen molar-refractivity contribution in [3.8, 4) is 5.75 Å². The maximum atomic E-state index is 11.4. The zero-order valence-electron chi connectivity index (χ0n) is 9.29. The van der Waals surface area contributed by atoms with Crippen molar-refractivity contribution in [2.45, 2.75) is 6.92 Å². The average molecular weight is 220 g/mol. The van der Waals surface area contributed by atoms with Crippen LogP contribution >= 0.6 is 0 Å². The van der Waals surface area contributed by atoms with Crippen LogP contribution in [0.15, 0.2) is 30.9 Å². The van der Waals surface area contributed by atoms with Gasteiger partial charge in [-0.1, -0.05) is 12.1 Å². The van der Waals surface area contributed by atoms with Gasteiger partial charge >= 0.3 is 0 Å². The summed E-state index contributed by atoms with van der Waals surface area (Å²) >= 11 is 0. The minimum atomic E-state index is -0.148. The summed E-state index contributed by atoms with van der Waals surface area (Å²) in [7, 11) is 0. The van der Waals surface area contributed by atoms with E-state index in [1.807, 2.05) is 0 Å². The number of phenolic OH excluding ortho intramolecular Hbond substituents is 1. The molecule has 0 radical (unpaired) electrons. The van der Waals surface area contributed by atoms with E-state index in [-0.39, 0.29) is 18.2 Å². The lowest BCUT2D eigenvalue weighted by Crippen LogP contribution is -2.28. The molecule has 4 nitrogen and oxygen atoms in total. The zero-order valence-corrected chi connectivity index (χ0v) is 9.29. The lowest BCUT2D eigenvalue weighted by Gasteiger charge is -2.07.